The van der Waals surface area contributed by atoms with Gasteiger partial charge in [-0.25, -0.2) is 4.79 Å². The molecule has 0 radical (unpaired) electrons. The molecular formula is C50H77F3N2O11. The number of carbonyl (C=O) groups is 2. The molecule has 374 valence electrons. The van der Waals surface area contributed by atoms with Crippen LogP contribution in [-0.2, 0) is 34.7 Å². The first-order valence-corrected chi connectivity index (χ1v) is 24.5. The van der Waals surface area contributed by atoms with Gasteiger partial charge >= 0.3 is 18.2 Å². The van der Waals surface area contributed by atoms with E-state index in [4.69, 9.17) is 23.7 Å². The zero-order valence-corrected chi connectivity index (χ0v) is 40.5. The Morgan fingerprint density at radius 2 is 1.56 bits per heavy atom. The Bertz CT molecular complexity index is 1860. The Hall–Kier alpha value is -2.83. The average Bonchev–Trinajstić information content (AvgIpc) is 3.61. The van der Waals surface area contributed by atoms with Crippen LogP contribution >= 0.6 is 0 Å². The van der Waals surface area contributed by atoms with E-state index in [-0.39, 0.29) is 23.4 Å². The van der Waals surface area contributed by atoms with E-state index < -0.39 is 119 Å². The molecule has 0 bridgehead atoms. The fraction of sp³-hybridized carbons (Fsp3) is 0.800. The van der Waals surface area contributed by atoms with Crippen LogP contribution in [0.4, 0.5) is 23.7 Å². The van der Waals surface area contributed by atoms with E-state index in [1.54, 1.807) is 12.2 Å². The molecule has 4 saturated heterocycles. The molecule has 66 heavy (non-hydrogen) atoms. The van der Waals surface area contributed by atoms with Crippen LogP contribution in [-0.4, -0.2) is 104 Å². The number of carboxylic acids is 1. The molecule has 4 fully saturated rings. The van der Waals surface area contributed by atoms with Gasteiger partial charge < -0.3 is 54.7 Å². The first-order chi connectivity index (χ1) is 30.9. The topological polar surface area (TPSA) is 185 Å². The number of carboxylic acid groups (broad SMARTS) is 1. The van der Waals surface area contributed by atoms with E-state index in [1.165, 1.54) is 12.1 Å². The molecule has 6 N–H and O–H groups in total. The van der Waals surface area contributed by atoms with Crippen molar-refractivity contribution in [1.29, 1.82) is 0 Å². The van der Waals surface area contributed by atoms with E-state index in [0.717, 1.165) is 18.6 Å². The molecule has 5 heterocycles. The minimum Gasteiger partial charge on any atom is -0.481 e. The number of urea groups is 1. The normalized spacial score (nSPS) is 40.0. The second kappa shape index (κ2) is 20.3. The van der Waals surface area contributed by atoms with Gasteiger partial charge in [-0.15, -0.1) is 0 Å². The lowest BCUT2D eigenvalue weighted by atomic mass is 9.72. The standard InChI is InChI=1S/C50H77F3N2O11/c1-11-35(44(58)59)37-19-14-27(4)42(63-37)31(8)40(56)30(7)41(57)36(12-2)43-28(5)26-29(6)48(64-43)23-20-38(55-45(60)54-34-17-15-33(16-18-34)50(51,52)53)49(66-48)25-24-46(10,65-49)39-21-22-47(61,13-3)32(9)62-39/h15-18,20,23,27-32,35-43,56-57,61H,11-14,19,21-22,24-26H2,1-10H3,(H,58,59)(H2,54,55,60)/t27-,28-,29+,30-,31-,32-,35+,36-,37+,38?,39+,40+,41?,42+,43-,46-,47+,48-,49-/m0/s1. The van der Waals surface area contributed by atoms with Crippen LogP contribution < -0.4 is 10.6 Å². The number of alkyl halides is 3. The predicted octanol–water partition coefficient (Wildman–Crippen LogP) is 8.83. The lowest BCUT2D eigenvalue weighted by Gasteiger charge is -2.55. The summed E-state index contributed by atoms with van der Waals surface area (Å²) in [7, 11) is 0. The Kier molecular flexibility index (Phi) is 16.1. The zero-order valence-electron chi connectivity index (χ0n) is 40.5. The number of hydrogen-bond acceptors (Lipinski definition) is 10. The Balaban J connectivity index is 1.25. The van der Waals surface area contributed by atoms with Crippen LogP contribution in [0.3, 0.4) is 0 Å². The minimum absolute atomic E-state index is 0.0426. The van der Waals surface area contributed by atoms with Gasteiger partial charge in [0.25, 0.3) is 0 Å². The van der Waals surface area contributed by atoms with Gasteiger partial charge in [0.1, 0.15) is 6.04 Å². The highest BCUT2D eigenvalue weighted by Crippen LogP contribution is 2.54. The molecule has 1 aromatic rings. The Labute approximate surface area is 388 Å². The molecule has 5 aliphatic heterocycles. The molecule has 2 spiro atoms. The molecule has 13 nitrogen and oxygen atoms in total. The van der Waals surface area contributed by atoms with Crippen LogP contribution in [0.5, 0.6) is 0 Å². The van der Waals surface area contributed by atoms with Gasteiger partial charge in [0.15, 0.2) is 11.6 Å². The number of benzene rings is 1. The summed E-state index contributed by atoms with van der Waals surface area (Å²) >= 11 is 0. The van der Waals surface area contributed by atoms with Crippen LogP contribution in [0.15, 0.2) is 36.4 Å². The van der Waals surface area contributed by atoms with Crippen molar-refractivity contribution in [3.8, 4) is 0 Å². The molecule has 16 heteroatoms. The molecular weight excluding hydrogens is 862 g/mol. The highest BCUT2D eigenvalue weighted by molar-refractivity contribution is 5.89. The van der Waals surface area contributed by atoms with Gasteiger partial charge in [0.2, 0.25) is 0 Å². The largest absolute Gasteiger partial charge is 0.481 e. The van der Waals surface area contributed by atoms with E-state index >= 15 is 0 Å². The molecule has 5 aliphatic rings. The van der Waals surface area contributed by atoms with Crippen molar-refractivity contribution in [2.75, 3.05) is 5.32 Å². The van der Waals surface area contributed by atoms with Gasteiger partial charge in [0.05, 0.1) is 65.4 Å². The summed E-state index contributed by atoms with van der Waals surface area (Å²) in [6.45, 7) is 19.5. The van der Waals surface area contributed by atoms with E-state index in [9.17, 15) is 43.2 Å². The van der Waals surface area contributed by atoms with E-state index in [2.05, 4.69) is 24.5 Å². The summed E-state index contributed by atoms with van der Waals surface area (Å²) in [5, 5.41) is 50.9. The third-order valence-corrected chi connectivity index (χ3v) is 16.5. The number of ether oxygens (including phenoxy) is 5. The number of hydrogen-bond donors (Lipinski definition) is 6. The summed E-state index contributed by atoms with van der Waals surface area (Å²) in [5.74, 6) is -6.07. The van der Waals surface area contributed by atoms with Gasteiger partial charge in [-0.3, -0.25) is 4.79 Å². The number of halogens is 3. The fourth-order valence-corrected chi connectivity index (χ4v) is 11.9. The number of amides is 2. The van der Waals surface area contributed by atoms with Crippen LogP contribution in [0.2, 0.25) is 0 Å². The second-order valence-corrected chi connectivity index (χ2v) is 20.8. The number of anilines is 1. The van der Waals surface area contributed by atoms with Gasteiger partial charge in [-0.1, -0.05) is 61.5 Å². The Morgan fingerprint density at radius 1 is 0.879 bits per heavy atom. The van der Waals surface area contributed by atoms with Crippen LogP contribution in [0.25, 0.3) is 0 Å². The monoisotopic (exact) mass is 939 g/mol. The highest BCUT2D eigenvalue weighted by Gasteiger charge is 2.63. The highest BCUT2D eigenvalue weighted by atomic mass is 19.4. The molecule has 0 saturated carbocycles. The lowest BCUT2D eigenvalue weighted by molar-refractivity contribution is -0.400. The molecule has 6 rings (SSSR count). The van der Waals surface area contributed by atoms with Crippen molar-refractivity contribution in [3.63, 3.8) is 0 Å². The van der Waals surface area contributed by atoms with Crippen LogP contribution in [0, 0.1) is 41.4 Å². The average molecular weight is 939 g/mol. The first kappa shape index (κ1) is 52.5. The van der Waals surface area contributed by atoms with E-state index in [0.29, 0.717) is 57.8 Å². The molecule has 0 aromatic heterocycles. The van der Waals surface area contributed by atoms with Gasteiger partial charge in [-0.05, 0) is 114 Å². The van der Waals surface area contributed by atoms with Gasteiger partial charge in [0, 0.05) is 35.8 Å². The maximum Gasteiger partial charge on any atom is 0.416 e. The maximum atomic E-state index is 13.7. The van der Waals surface area contributed by atoms with Gasteiger partial charge in [-0.2, -0.15) is 13.2 Å². The number of rotatable bonds is 14. The van der Waals surface area contributed by atoms with Crippen molar-refractivity contribution >= 4 is 17.7 Å². The number of aliphatic hydroxyl groups is 3. The fourth-order valence-electron chi connectivity index (χ4n) is 11.9. The number of aliphatic hydroxyl groups excluding tert-OH is 2. The van der Waals surface area contributed by atoms with Crippen molar-refractivity contribution in [3.05, 3.63) is 42.0 Å². The van der Waals surface area contributed by atoms with Crippen molar-refractivity contribution in [2.45, 2.75) is 211 Å². The zero-order chi connectivity index (χ0) is 48.7. The number of carbonyl (C=O) groups excluding carboxylic acids is 1. The van der Waals surface area contributed by atoms with Crippen LogP contribution in [0.1, 0.15) is 139 Å². The molecule has 2 unspecified atom stereocenters. The summed E-state index contributed by atoms with van der Waals surface area (Å²) in [5.41, 5.74) is -2.58. The first-order valence-electron chi connectivity index (χ1n) is 24.5. The second-order valence-electron chi connectivity index (χ2n) is 20.8. The lowest BCUT2D eigenvalue weighted by Crippen LogP contribution is -2.66. The smallest absolute Gasteiger partial charge is 0.416 e. The number of nitrogens with one attached hydrogen (secondary N) is 2. The molecule has 2 amide bonds. The predicted molar refractivity (Wildman–Crippen MR) is 241 cm³/mol. The van der Waals surface area contributed by atoms with Crippen molar-refractivity contribution in [2.24, 2.45) is 41.4 Å². The SMILES string of the molecule is CC[C@@H](C(=O)O)[C@H]1CC[C@H](C)[C@H]([C@@H](C)[C@H](O)[C@H](C)C(O)[C@H](CC)[C@H]2O[C@]3(C=CC(NC(=O)Nc4ccc(C(F)(F)F)cc4)[C@]4(CC[C@@](C)([C@H]5CC[C@](O)(CC)[C@H](C)O5)O4)O3)[C@H](C)C[C@@H]2C)O1. The summed E-state index contributed by atoms with van der Waals surface area (Å²) in [4.78, 5) is 25.7. The maximum absolute atomic E-state index is 13.7. The quantitative estimate of drug-likeness (QED) is 0.0980. The van der Waals surface area contributed by atoms with E-state index in [1.807, 2.05) is 55.4 Å². The molecule has 1 aromatic carbocycles. The third-order valence-electron chi connectivity index (χ3n) is 16.5. The molecule has 19 atom stereocenters. The third kappa shape index (κ3) is 10.5. The number of aliphatic carboxylic acids is 1. The minimum atomic E-state index is -4.53. The summed E-state index contributed by atoms with van der Waals surface area (Å²) in [6.07, 6.45) is 0.0984. The van der Waals surface area contributed by atoms with Crippen molar-refractivity contribution in [1.82, 2.24) is 5.32 Å². The summed E-state index contributed by atoms with van der Waals surface area (Å²) < 4.78 is 74.3. The Morgan fingerprint density at radius 3 is 2.15 bits per heavy atom. The molecule has 0 aliphatic carbocycles. The summed E-state index contributed by atoms with van der Waals surface area (Å²) in [6, 6.07) is 2.59. The van der Waals surface area contributed by atoms with Crippen molar-refractivity contribution < 1.29 is 66.9 Å².